The van der Waals surface area contributed by atoms with Gasteiger partial charge in [0.1, 0.15) is 5.69 Å². The van der Waals surface area contributed by atoms with Crippen LogP contribution in [0.4, 0.5) is 11.4 Å². The fourth-order valence-electron chi connectivity index (χ4n) is 3.59. The van der Waals surface area contributed by atoms with Crippen molar-refractivity contribution in [2.75, 3.05) is 10.0 Å². The topological polar surface area (TPSA) is 91.1 Å². The molecule has 0 bridgehead atoms. The first-order valence-electron chi connectivity index (χ1n) is 9.65. The van der Waals surface area contributed by atoms with Crippen molar-refractivity contribution < 1.29 is 13.2 Å². The number of hydrogen-bond acceptors (Lipinski definition) is 3. The van der Waals surface area contributed by atoms with Gasteiger partial charge in [0, 0.05) is 11.4 Å². The molecule has 4 rings (SSSR count). The third-order valence-electron chi connectivity index (χ3n) is 4.95. The van der Waals surface area contributed by atoms with E-state index in [1.807, 2.05) is 12.1 Å². The van der Waals surface area contributed by atoms with Crippen molar-refractivity contribution >= 4 is 27.3 Å². The van der Waals surface area contributed by atoms with E-state index in [0.717, 1.165) is 31.4 Å². The number of carbonyl (C=O) groups excluding carboxylic acids is 1. The molecule has 3 N–H and O–H groups in total. The third-order valence-corrected chi connectivity index (χ3v) is 6.21. The maximum atomic E-state index is 12.6. The van der Waals surface area contributed by atoms with Crippen molar-refractivity contribution in [3.05, 3.63) is 83.2 Å². The summed E-state index contributed by atoms with van der Waals surface area (Å²) in [4.78, 5) is 15.8. The molecule has 0 fully saturated rings. The van der Waals surface area contributed by atoms with E-state index in [2.05, 4.69) is 15.0 Å². The molecule has 1 heterocycles. The Kier molecular flexibility index (Phi) is 5.40. The SMILES string of the molecule is O=C(Nc1cccc(NS(=O)(=O)Cc2ccccc2)c1)c1cc2c([nH]1)CCCC2. The molecule has 1 amide bonds. The fraction of sp³-hybridized carbons (Fsp3) is 0.227. The average molecular weight is 410 g/mol. The average Bonchev–Trinajstić information content (AvgIpc) is 3.13. The monoisotopic (exact) mass is 409 g/mol. The highest BCUT2D eigenvalue weighted by molar-refractivity contribution is 7.91. The number of aromatic nitrogens is 1. The van der Waals surface area contributed by atoms with Crippen LogP contribution in [0, 0.1) is 0 Å². The molecule has 0 unspecified atom stereocenters. The summed E-state index contributed by atoms with van der Waals surface area (Å²) in [6.07, 6.45) is 4.26. The van der Waals surface area contributed by atoms with Crippen molar-refractivity contribution in [1.82, 2.24) is 4.98 Å². The lowest BCUT2D eigenvalue weighted by Gasteiger charge is -2.10. The molecule has 7 heteroatoms. The van der Waals surface area contributed by atoms with Gasteiger partial charge in [-0.1, -0.05) is 36.4 Å². The normalized spacial score (nSPS) is 13.5. The van der Waals surface area contributed by atoms with Crippen LogP contribution in [0.2, 0.25) is 0 Å². The molecule has 6 nitrogen and oxygen atoms in total. The van der Waals surface area contributed by atoms with Crippen LogP contribution in [0.25, 0.3) is 0 Å². The zero-order valence-electron chi connectivity index (χ0n) is 15.9. The number of fused-ring (bicyclic) bond motifs is 1. The predicted octanol–water partition coefficient (Wildman–Crippen LogP) is 4.09. The summed E-state index contributed by atoms with van der Waals surface area (Å²) >= 11 is 0. The van der Waals surface area contributed by atoms with Crippen molar-refractivity contribution in [3.63, 3.8) is 0 Å². The number of anilines is 2. The van der Waals surface area contributed by atoms with Crippen molar-refractivity contribution in [2.24, 2.45) is 0 Å². The number of carbonyl (C=O) groups is 1. The molecular weight excluding hydrogens is 386 g/mol. The number of H-pyrrole nitrogens is 1. The Morgan fingerprint density at radius 2 is 1.69 bits per heavy atom. The van der Waals surface area contributed by atoms with Crippen molar-refractivity contribution in [1.29, 1.82) is 0 Å². The second-order valence-electron chi connectivity index (χ2n) is 7.28. The number of rotatable bonds is 6. The van der Waals surface area contributed by atoms with Crippen LogP contribution in [0.15, 0.2) is 60.7 Å². The number of aryl methyl sites for hydroxylation is 2. The molecular formula is C22H23N3O3S. The predicted molar refractivity (Wildman–Crippen MR) is 115 cm³/mol. The van der Waals surface area contributed by atoms with Gasteiger partial charge in [0.2, 0.25) is 10.0 Å². The van der Waals surface area contributed by atoms with Crippen LogP contribution in [-0.4, -0.2) is 19.3 Å². The molecule has 0 saturated heterocycles. The van der Waals surface area contributed by atoms with E-state index in [-0.39, 0.29) is 11.7 Å². The van der Waals surface area contributed by atoms with Gasteiger partial charge < -0.3 is 10.3 Å². The lowest BCUT2D eigenvalue weighted by Crippen LogP contribution is -2.16. The van der Waals surface area contributed by atoms with E-state index in [1.165, 1.54) is 5.56 Å². The van der Waals surface area contributed by atoms with Gasteiger partial charge in [-0.3, -0.25) is 9.52 Å². The lowest BCUT2D eigenvalue weighted by atomic mass is 9.98. The quantitative estimate of drug-likeness (QED) is 0.573. The first kappa shape index (κ1) is 19.3. The minimum atomic E-state index is -3.56. The maximum Gasteiger partial charge on any atom is 0.272 e. The zero-order chi connectivity index (χ0) is 20.3. The molecule has 2 aromatic carbocycles. The van der Waals surface area contributed by atoms with Gasteiger partial charge in [-0.2, -0.15) is 0 Å². The fourth-order valence-corrected chi connectivity index (χ4v) is 4.78. The standard InChI is InChI=1S/C22H23N3O3S/c26-22(21-13-17-9-4-5-12-20(17)24-21)23-18-10-6-11-19(14-18)25-29(27,28)15-16-7-2-1-3-8-16/h1-3,6-8,10-11,13-14,24-25H,4-5,9,12,15H2,(H,23,26). The molecule has 0 saturated carbocycles. The number of amides is 1. The number of benzene rings is 2. The van der Waals surface area contributed by atoms with Crippen LogP contribution in [-0.2, 0) is 28.6 Å². The highest BCUT2D eigenvalue weighted by Crippen LogP contribution is 2.23. The van der Waals surface area contributed by atoms with E-state index in [0.29, 0.717) is 22.6 Å². The van der Waals surface area contributed by atoms with E-state index >= 15 is 0 Å². The summed E-state index contributed by atoms with van der Waals surface area (Å²) < 4.78 is 27.4. The van der Waals surface area contributed by atoms with Gasteiger partial charge in [-0.15, -0.1) is 0 Å². The second kappa shape index (κ2) is 8.13. The minimum absolute atomic E-state index is 0.113. The maximum absolute atomic E-state index is 12.6. The van der Waals surface area contributed by atoms with Crippen LogP contribution >= 0.6 is 0 Å². The molecule has 0 atom stereocenters. The number of aromatic amines is 1. The van der Waals surface area contributed by atoms with Gasteiger partial charge in [-0.25, -0.2) is 8.42 Å². The van der Waals surface area contributed by atoms with Crippen molar-refractivity contribution in [2.45, 2.75) is 31.4 Å². The smallest absolute Gasteiger partial charge is 0.272 e. The molecule has 150 valence electrons. The molecule has 1 aliphatic carbocycles. The van der Waals surface area contributed by atoms with Gasteiger partial charge in [-0.05, 0) is 61.1 Å². The van der Waals surface area contributed by atoms with Gasteiger partial charge in [0.05, 0.1) is 11.4 Å². The summed E-state index contributed by atoms with van der Waals surface area (Å²) in [7, 11) is -3.56. The van der Waals surface area contributed by atoms with E-state index in [9.17, 15) is 13.2 Å². The van der Waals surface area contributed by atoms with Gasteiger partial charge in [0.15, 0.2) is 0 Å². The molecule has 3 aromatic rings. The Bertz CT molecular complexity index is 1100. The largest absolute Gasteiger partial charge is 0.354 e. The number of sulfonamides is 1. The Morgan fingerprint density at radius 1 is 0.931 bits per heavy atom. The summed E-state index contributed by atoms with van der Waals surface area (Å²) in [5, 5.41) is 2.84. The van der Waals surface area contributed by atoms with E-state index < -0.39 is 10.0 Å². The van der Waals surface area contributed by atoms with Crippen LogP contribution in [0.5, 0.6) is 0 Å². The summed E-state index contributed by atoms with van der Waals surface area (Å²) in [5.74, 6) is -0.345. The Morgan fingerprint density at radius 3 is 2.48 bits per heavy atom. The van der Waals surface area contributed by atoms with Crippen molar-refractivity contribution in [3.8, 4) is 0 Å². The van der Waals surface area contributed by atoms with Crippen LogP contribution in [0.1, 0.15) is 40.2 Å². The molecule has 0 spiro atoms. The summed E-state index contributed by atoms with van der Waals surface area (Å²) in [6, 6.07) is 17.6. The Balaban J connectivity index is 1.44. The molecule has 0 aliphatic heterocycles. The Labute approximate surface area is 170 Å². The lowest BCUT2D eigenvalue weighted by molar-refractivity contribution is 0.102. The number of hydrogen-bond donors (Lipinski definition) is 3. The van der Waals surface area contributed by atoms with E-state index in [1.54, 1.807) is 48.5 Å². The molecule has 1 aliphatic rings. The van der Waals surface area contributed by atoms with Crippen LogP contribution in [0.3, 0.4) is 0 Å². The van der Waals surface area contributed by atoms with Gasteiger partial charge in [0.25, 0.3) is 5.91 Å². The third kappa shape index (κ3) is 4.86. The van der Waals surface area contributed by atoms with Crippen LogP contribution < -0.4 is 10.0 Å². The summed E-state index contributed by atoms with van der Waals surface area (Å²) in [6.45, 7) is 0. The molecule has 29 heavy (non-hydrogen) atoms. The highest BCUT2D eigenvalue weighted by atomic mass is 32.2. The first-order chi connectivity index (χ1) is 14.0. The summed E-state index contributed by atoms with van der Waals surface area (Å²) in [5.41, 5.74) is 4.53. The van der Waals surface area contributed by atoms with E-state index in [4.69, 9.17) is 0 Å². The minimum Gasteiger partial charge on any atom is -0.354 e. The molecule has 1 aromatic heterocycles. The second-order valence-corrected chi connectivity index (χ2v) is 9.00. The highest BCUT2D eigenvalue weighted by Gasteiger charge is 2.17. The van der Waals surface area contributed by atoms with Gasteiger partial charge >= 0.3 is 0 Å². The number of nitrogens with one attached hydrogen (secondary N) is 3. The molecule has 0 radical (unpaired) electrons. The zero-order valence-corrected chi connectivity index (χ0v) is 16.8. The first-order valence-corrected chi connectivity index (χ1v) is 11.3. The Hall–Kier alpha value is -3.06.